The summed E-state index contributed by atoms with van der Waals surface area (Å²) < 4.78 is 5.88. The maximum atomic E-state index is 5.88. The van der Waals surface area contributed by atoms with Crippen molar-refractivity contribution in [2.75, 3.05) is 26.7 Å². The van der Waals surface area contributed by atoms with Crippen LogP contribution in [0.1, 0.15) is 37.9 Å². The highest BCUT2D eigenvalue weighted by molar-refractivity contribution is 14.0. The lowest BCUT2D eigenvalue weighted by molar-refractivity contribution is 0.242. The number of aliphatic imine (C=N–C) groups is 1. The highest BCUT2D eigenvalue weighted by Gasteiger charge is 2.30. The second-order valence-corrected chi connectivity index (χ2v) is 7.56. The summed E-state index contributed by atoms with van der Waals surface area (Å²) in [6, 6.07) is 11.6. The van der Waals surface area contributed by atoms with E-state index in [0.717, 1.165) is 42.9 Å². The van der Waals surface area contributed by atoms with Gasteiger partial charge in [0.25, 0.3) is 0 Å². The van der Waals surface area contributed by atoms with Gasteiger partial charge in [0.15, 0.2) is 5.96 Å². The molecule has 4 rings (SSSR count). The summed E-state index contributed by atoms with van der Waals surface area (Å²) in [7, 11) is 1.85. The van der Waals surface area contributed by atoms with Crippen molar-refractivity contribution < 1.29 is 4.42 Å². The monoisotopic (exact) mass is 482 g/mol. The first-order chi connectivity index (χ1) is 12.8. The number of nitrogens with zero attached hydrogens (tertiary/aromatic N) is 2. The van der Waals surface area contributed by atoms with Crippen LogP contribution < -0.4 is 10.6 Å². The largest absolute Gasteiger partial charge is 0.461 e. The molecule has 1 aromatic carbocycles. The Labute approximate surface area is 179 Å². The molecule has 1 unspecified atom stereocenters. The highest BCUT2D eigenvalue weighted by Crippen LogP contribution is 2.26. The minimum atomic E-state index is 0. The van der Waals surface area contributed by atoms with Gasteiger partial charge in [0.2, 0.25) is 0 Å². The number of benzene rings is 1. The molecule has 0 bridgehead atoms. The van der Waals surface area contributed by atoms with E-state index in [0.29, 0.717) is 6.04 Å². The molecular weight excluding hydrogens is 451 g/mol. The Bertz CT molecular complexity index is 720. The van der Waals surface area contributed by atoms with Gasteiger partial charge >= 0.3 is 0 Å². The fourth-order valence-electron chi connectivity index (χ4n) is 4.36. The van der Waals surface area contributed by atoms with E-state index in [4.69, 9.17) is 4.42 Å². The molecule has 0 amide bonds. The topological polar surface area (TPSA) is 52.8 Å². The van der Waals surface area contributed by atoms with E-state index in [1.54, 1.807) is 0 Å². The minimum absolute atomic E-state index is 0. The van der Waals surface area contributed by atoms with Crippen LogP contribution in [0.5, 0.6) is 0 Å². The summed E-state index contributed by atoms with van der Waals surface area (Å²) in [5, 5.41) is 8.20. The van der Waals surface area contributed by atoms with E-state index in [2.05, 4.69) is 32.7 Å². The van der Waals surface area contributed by atoms with E-state index >= 15 is 0 Å². The number of halogens is 1. The van der Waals surface area contributed by atoms with Crippen LogP contribution in [0.4, 0.5) is 0 Å². The van der Waals surface area contributed by atoms with Crippen molar-refractivity contribution in [3.63, 3.8) is 0 Å². The van der Waals surface area contributed by atoms with Crippen molar-refractivity contribution in [2.45, 2.75) is 50.6 Å². The van der Waals surface area contributed by atoms with Crippen LogP contribution in [0.2, 0.25) is 0 Å². The van der Waals surface area contributed by atoms with Crippen molar-refractivity contribution in [1.29, 1.82) is 0 Å². The molecule has 2 N–H and O–H groups in total. The summed E-state index contributed by atoms with van der Waals surface area (Å²) in [5.74, 6) is 1.92. The van der Waals surface area contributed by atoms with E-state index in [1.165, 1.54) is 44.0 Å². The van der Waals surface area contributed by atoms with E-state index in [9.17, 15) is 0 Å². The van der Waals surface area contributed by atoms with Crippen LogP contribution >= 0.6 is 24.0 Å². The predicted molar refractivity (Wildman–Crippen MR) is 122 cm³/mol. The number of rotatable bonds is 5. The fourth-order valence-corrected chi connectivity index (χ4v) is 4.36. The summed E-state index contributed by atoms with van der Waals surface area (Å²) >= 11 is 0. The van der Waals surface area contributed by atoms with Crippen molar-refractivity contribution >= 4 is 40.9 Å². The molecule has 27 heavy (non-hydrogen) atoms. The van der Waals surface area contributed by atoms with Gasteiger partial charge in [-0.1, -0.05) is 31.0 Å². The molecule has 1 atom stereocenters. The molecule has 1 aliphatic heterocycles. The quantitative estimate of drug-likeness (QED) is 0.387. The number of hydrogen-bond donors (Lipinski definition) is 2. The number of likely N-dealkylation sites (tertiary alicyclic amines) is 1. The molecule has 5 nitrogen and oxygen atoms in total. The SMILES string of the molecule is CN=C(NCCc1cc2ccccc2o1)NC1CCN(C2CCCC2)C1.I. The molecule has 1 aromatic heterocycles. The standard InChI is InChI=1S/C21H30N4O.HI/c1-22-21(24-17-11-13-25(15-17)18-7-3-4-8-18)23-12-10-19-14-16-6-2-5-9-20(16)26-19;/h2,5-6,9,14,17-18H,3-4,7-8,10-13,15H2,1H3,(H2,22,23,24);1H. The number of hydrogen-bond acceptors (Lipinski definition) is 3. The van der Waals surface area contributed by atoms with E-state index in [1.807, 2.05) is 25.2 Å². The third-order valence-corrected chi connectivity index (χ3v) is 5.77. The van der Waals surface area contributed by atoms with Gasteiger partial charge in [-0.2, -0.15) is 0 Å². The van der Waals surface area contributed by atoms with E-state index in [-0.39, 0.29) is 24.0 Å². The van der Waals surface area contributed by atoms with E-state index < -0.39 is 0 Å². The maximum Gasteiger partial charge on any atom is 0.191 e. The Hall–Kier alpha value is -1.28. The van der Waals surface area contributed by atoms with Gasteiger partial charge < -0.3 is 15.1 Å². The van der Waals surface area contributed by atoms with Crippen LogP contribution in [-0.2, 0) is 6.42 Å². The van der Waals surface area contributed by atoms with Crippen LogP contribution in [-0.4, -0.2) is 49.6 Å². The van der Waals surface area contributed by atoms with Crippen molar-refractivity contribution in [1.82, 2.24) is 15.5 Å². The predicted octanol–water partition coefficient (Wildman–Crippen LogP) is 3.78. The van der Waals surface area contributed by atoms with Gasteiger partial charge in [0.05, 0.1) is 0 Å². The molecule has 2 aliphatic rings. The first-order valence-electron chi connectivity index (χ1n) is 10.0. The molecule has 2 heterocycles. The van der Waals surface area contributed by atoms with Crippen molar-refractivity contribution in [3.8, 4) is 0 Å². The van der Waals surface area contributed by atoms with Gasteiger partial charge in [-0.3, -0.25) is 9.89 Å². The lowest BCUT2D eigenvalue weighted by Crippen LogP contribution is -2.45. The Morgan fingerprint density at radius 1 is 1.22 bits per heavy atom. The zero-order valence-electron chi connectivity index (χ0n) is 16.1. The number of fused-ring (bicyclic) bond motifs is 1. The Kier molecular flexibility index (Phi) is 7.41. The molecule has 1 aliphatic carbocycles. The Morgan fingerprint density at radius 3 is 2.81 bits per heavy atom. The van der Waals surface area contributed by atoms with Gasteiger partial charge in [-0.15, -0.1) is 24.0 Å². The van der Waals surface area contributed by atoms with Crippen molar-refractivity contribution in [3.05, 3.63) is 36.1 Å². The third kappa shape index (κ3) is 5.16. The Morgan fingerprint density at radius 2 is 2.04 bits per heavy atom. The van der Waals surface area contributed by atoms with Gasteiger partial charge in [-0.05, 0) is 31.4 Å². The van der Waals surface area contributed by atoms with Gasteiger partial charge in [-0.25, -0.2) is 0 Å². The van der Waals surface area contributed by atoms with Crippen LogP contribution in [0, 0.1) is 0 Å². The first kappa shape index (κ1) is 20.5. The molecule has 1 saturated carbocycles. The number of para-hydroxylation sites is 1. The summed E-state index contributed by atoms with van der Waals surface area (Å²) in [6.07, 6.45) is 7.65. The smallest absolute Gasteiger partial charge is 0.191 e. The molecule has 2 fully saturated rings. The fraction of sp³-hybridized carbons (Fsp3) is 0.571. The van der Waals surface area contributed by atoms with Crippen LogP contribution in [0.25, 0.3) is 11.0 Å². The van der Waals surface area contributed by atoms with Gasteiger partial charge in [0.1, 0.15) is 11.3 Å². The molecule has 148 valence electrons. The summed E-state index contributed by atoms with van der Waals surface area (Å²) in [5.41, 5.74) is 0.961. The van der Waals surface area contributed by atoms with Crippen molar-refractivity contribution in [2.24, 2.45) is 4.99 Å². The third-order valence-electron chi connectivity index (χ3n) is 5.77. The second kappa shape index (κ2) is 9.78. The molecule has 2 aromatic rings. The zero-order valence-corrected chi connectivity index (χ0v) is 18.4. The number of nitrogens with one attached hydrogen (secondary N) is 2. The average molecular weight is 482 g/mol. The normalized spacial score (nSPS) is 21.5. The van der Waals surface area contributed by atoms with Crippen LogP contribution in [0.15, 0.2) is 39.7 Å². The molecular formula is C21H31IN4O. The zero-order chi connectivity index (χ0) is 17.8. The molecule has 0 radical (unpaired) electrons. The number of guanidine groups is 1. The van der Waals surface area contributed by atoms with Crippen LogP contribution in [0.3, 0.4) is 0 Å². The average Bonchev–Trinajstić information content (AvgIpc) is 3.40. The van der Waals surface area contributed by atoms with Gasteiger partial charge in [0, 0.05) is 50.6 Å². The summed E-state index contributed by atoms with van der Waals surface area (Å²) in [4.78, 5) is 7.07. The Balaban J connectivity index is 0.00000210. The second-order valence-electron chi connectivity index (χ2n) is 7.56. The first-order valence-corrected chi connectivity index (χ1v) is 10.0. The molecule has 6 heteroatoms. The lowest BCUT2D eigenvalue weighted by Gasteiger charge is -2.24. The lowest BCUT2D eigenvalue weighted by atomic mass is 10.2. The highest BCUT2D eigenvalue weighted by atomic mass is 127. The summed E-state index contributed by atoms with van der Waals surface area (Å²) in [6.45, 7) is 3.19. The minimum Gasteiger partial charge on any atom is -0.461 e. The number of furan rings is 1. The molecule has 0 spiro atoms. The molecule has 1 saturated heterocycles. The maximum absolute atomic E-state index is 5.88.